The van der Waals surface area contributed by atoms with E-state index in [0.717, 1.165) is 28.8 Å². The number of ether oxygens (including phenoxy) is 1. The van der Waals surface area contributed by atoms with Crippen LogP contribution in [-0.4, -0.2) is 18.0 Å². The van der Waals surface area contributed by atoms with Gasteiger partial charge in [0.25, 0.3) is 5.91 Å². The Balaban J connectivity index is 2.09. The van der Waals surface area contributed by atoms with Gasteiger partial charge in [0.05, 0.1) is 5.56 Å². The lowest BCUT2D eigenvalue weighted by molar-refractivity contribution is -0.123. The van der Waals surface area contributed by atoms with Crippen molar-refractivity contribution in [1.29, 1.82) is 0 Å². The molecular weight excluding hydrogens is 326 g/mol. The summed E-state index contributed by atoms with van der Waals surface area (Å²) in [6, 6.07) is 13.3. The minimum atomic E-state index is -0.882. The number of rotatable bonds is 6. The molecular formula is C22H27NO3. The number of carbonyl (C=O) groups excluding carboxylic acids is 2. The SMILES string of the molecule is CC[C@@H](C)c1ccccc1NC(=O)[C@@H](C)OC(=O)c1cc(C)ccc1C. The molecule has 0 heterocycles. The molecule has 2 aromatic rings. The smallest absolute Gasteiger partial charge is 0.339 e. The van der Waals surface area contributed by atoms with Crippen molar-refractivity contribution in [3.8, 4) is 0 Å². The first-order valence-electron chi connectivity index (χ1n) is 9.01. The Labute approximate surface area is 155 Å². The van der Waals surface area contributed by atoms with Gasteiger partial charge in [-0.05, 0) is 56.4 Å². The van der Waals surface area contributed by atoms with Crippen molar-refractivity contribution in [2.75, 3.05) is 5.32 Å². The Morgan fingerprint density at radius 1 is 1.08 bits per heavy atom. The predicted molar refractivity (Wildman–Crippen MR) is 105 cm³/mol. The average Bonchev–Trinajstić information content (AvgIpc) is 2.63. The van der Waals surface area contributed by atoms with Crippen molar-refractivity contribution in [1.82, 2.24) is 0 Å². The van der Waals surface area contributed by atoms with Gasteiger partial charge in [0.2, 0.25) is 0 Å². The number of aryl methyl sites for hydroxylation is 2. The van der Waals surface area contributed by atoms with E-state index in [1.54, 1.807) is 13.0 Å². The molecule has 0 unspecified atom stereocenters. The van der Waals surface area contributed by atoms with Crippen LogP contribution in [0.25, 0.3) is 0 Å². The van der Waals surface area contributed by atoms with Gasteiger partial charge in [-0.2, -0.15) is 0 Å². The second-order valence-corrected chi connectivity index (χ2v) is 6.75. The number of anilines is 1. The van der Waals surface area contributed by atoms with Crippen molar-refractivity contribution in [3.05, 3.63) is 64.7 Å². The lowest BCUT2D eigenvalue weighted by atomic mass is 9.97. The molecule has 1 amide bonds. The summed E-state index contributed by atoms with van der Waals surface area (Å²) in [7, 11) is 0. The van der Waals surface area contributed by atoms with Crippen LogP contribution < -0.4 is 5.32 Å². The molecule has 0 aromatic heterocycles. The molecule has 0 saturated heterocycles. The molecule has 138 valence electrons. The molecule has 0 saturated carbocycles. The number of benzene rings is 2. The van der Waals surface area contributed by atoms with Crippen molar-refractivity contribution >= 4 is 17.6 Å². The number of carbonyl (C=O) groups is 2. The lowest BCUT2D eigenvalue weighted by Crippen LogP contribution is -2.30. The average molecular weight is 353 g/mol. The topological polar surface area (TPSA) is 55.4 Å². The van der Waals surface area contributed by atoms with Gasteiger partial charge in [-0.15, -0.1) is 0 Å². The normalized spacial score (nSPS) is 13.0. The van der Waals surface area contributed by atoms with Crippen molar-refractivity contribution in [2.45, 2.75) is 53.1 Å². The molecule has 0 aliphatic rings. The molecule has 0 aliphatic heterocycles. The van der Waals surface area contributed by atoms with Crippen LogP contribution in [0.1, 0.15) is 60.2 Å². The van der Waals surface area contributed by atoms with E-state index < -0.39 is 12.1 Å². The van der Waals surface area contributed by atoms with Crippen LogP contribution in [0.4, 0.5) is 5.69 Å². The minimum Gasteiger partial charge on any atom is -0.449 e. The summed E-state index contributed by atoms with van der Waals surface area (Å²) in [6.07, 6.45) is 0.0942. The number of nitrogens with one attached hydrogen (secondary N) is 1. The highest BCUT2D eigenvalue weighted by Gasteiger charge is 2.21. The molecule has 0 fully saturated rings. The number of para-hydroxylation sites is 1. The minimum absolute atomic E-state index is 0.333. The van der Waals surface area contributed by atoms with Gasteiger partial charge in [0.15, 0.2) is 6.10 Å². The zero-order valence-corrected chi connectivity index (χ0v) is 16.1. The fourth-order valence-corrected chi connectivity index (χ4v) is 2.73. The molecule has 2 rings (SSSR count). The van der Waals surface area contributed by atoms with Crippen LogP contribution >= 0.6 is 0 Å². The van der Waals surface area contributed by atoms with Crippen LogP contribution in [-0.2, 0) is 9.53 Å². The molecule has 26 heavy (non-hydrogen) atoms. The first-order valence-corrected chi connectivity index (χ1v) is 9.01. The Morgan fingerprint density at radius 2 is 1.77 bits per heavy atom. The van der Waals surface area contributed by atoms with E-state index in [2.05, 4.69) is 19.2 Å². The highest BCUT2D eigenvalue weighted by atomic mass is 16.5. The summed E-state index contributed by atoms with van der Waals surface area (Å²) in [5.41, 5.74) is 4.14. The van der Waals surface area contributed by atoms with Crippen LogP contribution in [0, 0.1) is 13.8 Å². The molecule has 0 radical (unpaired) electrons. The predicted octanol–water partition coefficient (Wildman–Crippen LogP) is 5.00. The Hall–Kier alpha value is -2.62. The zero-order valence-electron chi connectivity index (χ0n) is 16.1. The third kappa shape index (κ3) is 4.72. The lowest BCUT2D eigenvalue weighted by Gasteiger charge is -2.18. The molecule has 2 aromatic carbocycles. The van der Waals surface area contributed by atoms with Gasteiger partial charge in [-0.25, -0.2) is 4.79 Å². The summed E-state index contributed by atoms with van der Waals surface area (Å²) >= 11 is 0. The van der Waals surface area contributed by atoms with Crippen LogP contribution in [0.15, 0.2) is 42.5 Å². The summed E-state index contributed by atoms with van der Waals surface area (Å²) in [4.78, 5) is 24.9. The standard InChI is InChI=1S/C22H27NO3/c1-6-15(3)18-9-7-8-10-20(18)23-21(24)17(5)26-22(25)19-13-14(2)11-12-16(19)4/h7-13,15,17H,6H2,1-5H3,(H,23,24)/t15-,17-/m1/s1. The summed E-state index contributed by atoms with van der Waals surface area (Å²) in [5.74, 6) is -0.484. The summed E-state index contributed by atoms with van der Waals surface area (Å²) in [5, 5.41) is 2.89. The van der Waals surface area contributed by atoms with Gasteiger partial charge >= 0.3 is 5.97 Å². The third-order valence-electron chi connectivity index (χ3n) is 4.63. The van der Waals surface area contributed by atoms with Crippen LogP contribution in [0.3, 0.4) is 0 Å². The second kappa shape index (κ2) is 8.65. The van der Waals surface area contributed by atoms with Gasteiger partial charge in [0.1, 0.15) is 0 Å². The molecule has 2 atom stereocenters. The van der Waals surface area contributed by atoms with Gasteiger partial charge in [-0.1, -0.05) is 49.7 Å². The van der Waals surface area contributed by atoms with Crippen LogP contribution in [0.2, 0.25) is 0 Å². The number of hydrogen-bond acceptors (Lipinski definition) is 3. The maximum absolute atomic E-state index is 12.5. The van der Waals surface area contributed by atoms with Gasteiger partial charge in [-0.3, -0.25) is 4.79 Å². The quantitative estimate of drug-likeness (QED) is 0.744. The fraction of sp³-hybridized carbons (Fsp3) is 0.364. The number of hydrogen-bond donors (Lipinski definition) is 1. The Bertz CT molecular complexity index is 798. The van der Waals surface area contributed by atoms with Gasteiger partial charge < -0.3 is 10.1 Å². The fourth-order valence-electron chi connectivity index (χ4n) is 2.73. The van der Waals surface area contributed by atoms with E-state index in [1.807, 2.05) is 50.2 Å². The first kappa shape index (κ1) is 19.7. The molecule has 0 spiro atoms. The molecule has 4 heteroatoms. The third-order valence-corrected chi connectivity index (χ3v) is 4.63. The number of esters is 1. The number of amides is 1. The second-order valence-electron chi connectivity index (χ2n) is 6.75. The van der Waals surface area contributed by atoms with Crippen molar-refractivity contribution in [3.63, 3.8) is 0 Å². The van der Waals surface area contributed by atoms with Crippen molar-refractivity contribution in [2.24, 2.45) is 0 Å². The molecule has 0 bridgehead atoms. The van der Waals surface area contributed by atoms with E-state index in [1.165, 1.54) is 0 Å². The largest absolute Gasteiger partial charge is 0.449 e. The Morgan fingerprint density at radius 3 is 2.46 bits per heavy atom. The first-order chi connectivity index (χ1) is 12.3. The maximum Gasteiger partial charge on any atom is 0.339 e. The van der Waals surface area contributed by atoms with Gasteiger partial charge in [0, 0.05) is 5.69 Å². The van der Waals surface area contributed by atoms with E-state index in [4.69, 9.17) is 4.74 Å². The zero-order chi connectivity index (χ0) is 19.3. The molecule has 0 aliphatic carbocycles. The highest BCUT2D eigenvalue weighted by Crippen LogP contribution is 2.26. The highest BCUT2D eigenvalue weighted by molar-refractivity contribution is 5.98. The van der Waals surface area contributed by atoms with E-state index in [-0.39, 0.29) is 5.91 Å². The van der Waals surface area contributed by atoms with E-state index in [0.29, 0.717) is 11.5 Å². The summed E-state index contributed by atoms with van der Waals surface area (Å²) in [6.45, 7) is 9.58. The monoisotopic (exact) mass is 353 g/mol. The van der Waals surface area contributed by atoms with Crippen LogP contribution in [0.5, 0.6) is 0 Å². The Kier molecular flexibility index (Phi) is 6.56. The van der Waals surface area contributed by atoms with E-state index in [9.17, 15) is 9.59 Å². The maximum atomic E-state index is 12.5. The summed E-state index contributed by atoms with van der Waals surface area (Å²) < 4.78 is 5.38. The molecule has 1 N–H and O–H groups in total. The molecule has 4 nitrogen and oxygen atoms in total. The van der Waals surface area contributed by atoms with Crippen molar-refractivity contribution < 1.29 is 14.3 Å². The van der Waals surface area contributed by atoms with E-state index >= 15 is 0 Å².